The van der Waals surface area contributed by atoms with Gasteiger partial charge in [0.2, 0.25) is 0 Å². The quantitative estimate of drug-likeness (QED) is 0.307. The molecule has 0 amide bonds. The van der Waals surface area contributed by atoms with Crippen molar-refractivity contribution in [2.75, 3.05) is 38.1 Å². The van der Waals surface area contributed by atoms with E-state index in [2.05, 4.69) is 86.8 Å². The number of anilines is 1. The number of fused-ring (bicyclic) bond motifs is 1. The summed E-state index contributed by atoms with van der Waals surface area (Å²) in [7, 11) is 2.36. The smallest absolute Gasteiger partial charge is 0.0428 e. The molecule has 2 fully saturated rings. The third kappa shape index (κ3) is 5.72. The number of nitrogens with one attached hydrogen (secondary N) is 1. The van der Waals surface area contributed by atoms with E-state index >= 15 is 0 Å². The lowest BCUT2D eigenvalue weighted by Crippen LogP contribution is -2.68. The predicted molar refractivity (Wildman–Crippen MR) is 171 cm³/mol. The van der Waals surface area contributed by atoms with E-state index in [9.17, 15) is 0 Å². The van der Waals surface area contributed by atoms with E-state index in [1.165, 1.54) is 30.6 Å². The summed E-state index contributed by atoms with van der Waals surface area (Å²) in [5, 5.41) is 2.93. The molecule has 38 heavy (non-hydrogen) atoms. The maximum absolute atomic E-state index is 5.19. The van der Waals surface area contributed by atoms with Crippen molar-refractivity contribution in [2.24, 2.45) is 23.0 Å². The first-order valence-electron chi connectivity index (χ1n) is 15.7. The van der Waals surface area contributed by atoms with Crippen molar-refractivity contribution >= 4 is 5.69 Å². The molecule has 3 aliphatic heterocycles. The van der Waals surface area contributed by atoms with E-state index in [0.29, 0.717) is 28.8 Å². The Labute approximate surface area is 237 Å². The maximum Gasteiger partial charge on any atom is 0.0428 e. The van der Waals surface area contributed by atoms with Gasteiger partial charge in [-0.15, -0.1) is 0 Å². The van der Waals surface area contributed by atoms with Gasteiger partial charge in [0.1, 0.15) is 0 Å². The molecule has 5 unspecified atom stereocenters. The van der Waals surface area contributed by atoms with Gasteiger partial charge in [-0.25, -0.2) is 0 Å². The van der Waals surface area contributed by atoms with E-state index < -0.39 is 0 Å². The molecule has 1 aliphatic carbocycles. The molecule has 1 aromatic rings. The van der Waals surface area contributed by atoms with Gasteiger partial charge in [-0.1, -0.05) is 93.2 Å². The summed E-state index contributed by atoms with van der Waals surface area (Å²) in [6, 6.07) is 8.57. The highest BCUT2D eigenvalue weighted by atomic mass is 15.3. The van der Waals surface area contributed by atoms with Crippen LogP contribution in [0.4, 0.5) is 5.69 Å². The largest absolute Gasteiger partial charge is 0.391 e. The second-order valence-corrected chi connectivity index (χ2v) is 10.6. The first kappa shape index (κ1) is 34.2. The molecule has 0 aromatic heterocycles. The number of hydrogen-bond acceptors (Lipinski definition) is 4. The first-order chi connectivity index (χ1) is 18.4. The molecule has 1 saturated heterocycles. The fraction of sp³-hybridized carbons (Fsp3) is 0.706. The van der Waals surface area contributed by atoms with Gasteiger partial charge in [0.15, 0.2) is 0 Å². The van der Waals surface area contributed by atoms with E-state index in [4.69, 9.17) is 5.73 Å². The van der Waals surface area contributed by atoms with Gasteiger partial charge in [0, 0.05) is 48.7 Å². The molecule has 1 aromatic carbocycles. The average Bonchev–Trinajstić information content (AvgIpc) is 3.47. The van der Waals surface area contributed by atoms with Gasteiger partial charge in [0.05, 0.1) is 0 Å². The molecule has 5 rings (SSSR count). The van der Waals surface area contributed by atoms with Crippen molar-refractivity contribution in [1.82, 2.24) is 10.2 Å². The summed E-state index contributed by atoms with van der Waals surface area (Å²) >= 11 is 0. The molecule has 4 heteroatoms. The van der Waals surface area contributed by atoms with Crippen LogP contribution >= 0.6 is 0 Å². The van der Waals surface area contributed by atoms with Gasteiger partial charge in [0.25, 0.3) is 0 Å². The third-order valence-electron chi connectivity index (χ3n) is 9.34. The summed E-state index contributed by atoms with van der Waals surface area (Å²) in [4.78, 5) is 5.48. The van der Waals surface area contributed by atoms with E-state index in [1.807, 2.05) is 41.5 Å². The summed E-state index contributed by atoms with van der Waals surface area (Å²) < 4.78 is 0. The summed E-state index contributed by atoms with van der Waals surface area (Å²) in [6.07, 6.45) is 10.4. The SMILES string of the molecule is C=CNCCCN.CC.CC.CC.CC[C@]12C=CCN3CCC4(c5ccc(C)cc5N(C)C4C(C)C1C)C32. The Morgan fingerprint density at radius 1 is 1.13 bits per heavy atom. The van der Waals surface area contributed by atoms with Gasteiger partial charge in [-0.05, 0) is 74.5 Å². The first-order valence-corrected chi connectivity index (χ1v) is 15.7. The van der Waals surface area contributed by atoms with Crippen LogP contribution in [0.15, 0.2) is 43.1 Å². The van der Waals surface area contributed by atoms with Gasteiger partial charge >= 0.3 is 0 Å². The number of hydrogen-bond donors (Lipinski definition) is 2. The van der Waals surface area contributed by atoms with Crippen LogP contribution in [0.1, 0.15) is 92.7 Å². The normalized spacial score (nSPS) is 31.3. The molecule has 0 bridgehead atoms. The number of benzene rings is 1. The number of likely N-dealkylation sites (N-methyl/N-ethyl adjacent to an activating group) is 1. The molecule has 1 saturated carbocycles. The fourth-order valence-electron chi connectivity index (χ4n) is 7.93. The predicted octanol–water partition coefficient (Wildman–Crippen LogP) is 7.52. The lowest BCUT2D eigenvalue weighted by molar-refractivity contribution is -0.0401. The minimum atomic E-state index is 0.310. The van der Waals surface area contributed by atoms with Gasteiger partial charge < -0.3 is 16.0 Å². The van der Waals surface area contributed by atoms with Crippen LogP contribution in [0.2, 0.25) is 0 Å². The summed E-state index contributed by atoms with van der Waals surface area (Å²) in [5.41, 5.74) is 10.4. The Hall–Kier alpha value is -1.78. The zero-order chi connectivity index (χ0) is 29.1. The molecule has 4 aliphatic rings. The zero-order valence-corrected chi connectivity index (χ0v) is 26.9. The summed E-state index contributed by atoms with van der Waals surface area (Å²) in [5.74, 6) is 1.42. The van der Waals surface area contributed by atoms with Crippen LogP contribution in [-0.4, -0.2) is 50.2 Å². The van der Waals surface area contributed by atoms with Crippen molar-refractivity contribution in [2.45, 2.75) is 106 Å². The highest BCUT2D eigenvalue weighted by Gasteiger charge is 2.70. The van der Waals surface area contributed by atoms with Gasteiger partial charge in [-0.3, -0.25) is 4.90 Å². The Morgan fingerprint density at radius 2 is 1.79 bits per heavy atom. The maximum atomic E-state index is 5.19. The fourth-order valence-corrected chi connectivity index (χ4v) is 7.93. The monoisotopic (exact) mass is 526 g/mol. The Bertz CT molecular complexity index is 864. The van der Waals surface area contributed by atoms with Crippen molar-refractivity contribution in [3.63, 3.8) is 0 Å². The molecule has 1 spiro atoms. The second kappa shape index (κ2) is 15.7. The Balaban J connectivity index is 0.000000476. The second-order valence-electron chi connectivity index (χ2n) is 10.6. The lowest BCUT2D eigenvalue weighted by atomic mass is 9.47. The average molecular weight is 527 g/mol. The number of nitrogens with two attached hydrogens (primary N) is 1. The minimum Gasteiger partial charge on any atom is -0.391 e. The van der Waals surface area contributed by atoms with Crippen LogP contribution in [0.5, 0.6) is 0 Å². The Kier molecular flexibility index (Phi) is 14.2. The van der Waals surface area contributed by atoms with Crippen LogP contribution in [0.25, 0.3) is 0 Å². The van der Waals surface area contributed by atoms with E-state index in [0.717, 1.165) is 32.0 Å². The molecule has 0 radical (unpaired) electrons. The Morgan fingerprint density at radius 3 is 2.37 bits per heavy atom. The highest BCUT2D eigenvalue weighted by Crippen LogP contribution is 2.67. The number of nitrogens with zero attached hydrogens (tertiary/aromatic N) is 2. The van der Waals surface area contributed by atoms with Crippen LogP contribution < -0.4 is 16.0 Å². The van der Waals surface area contributed by atoms with Crippen LogP contribution in [0.3, 0.4) is 0 Å². The van der Waals surface area contributed by atoms with Gasteiger partial charge in [-0.2, -0.15) is 0 Å². The van der Waals surface area contributed by atoms with Crippen molar-refractivity contribution in [3.8, 4) is 0 Å². The van der Waals surface area contributed by atoms with Crippen molar-refractivity contribution in [1.29, 1.82) is 0 Å². The number of rotatable bonds is 5. The van der Waals surface area contributed by atoms with Crippen LogP contribution in [0, 0.1) is 24.2 Å². The molecule has 6 atom stereocenters. The third-order valence-corrected chi connectivity index (χ3v) is 9.34. The highest BCUT2D eigenvalue weighted by molar-refractivity contribution is 5.68. The zero-order valence-electron chi connectivity index (χ0n) is 26.9. The topological polar surface area (TPSA) is 44.5 Å². The molecule has 3 heterocycles. The van der Waals surface area contributed by atoms with E-state index in [-0.39, 0.29) is 0 Å². The van der Waals surface area contributed by atoms with E-state index in [1.54, 1.807) is 11.8 Å². The van der Waals surface area contributed by atoms with Crippen molar-refractivity contribution < 1.29 is 0 Å². The summed E-state index contributed by atoms with van der Waals surface area (Å²) in [6.45, 7) is 29.3. The molecule has 218 valence electrons. The molecule has 3 N–H and O–H groups in total. The minimum absolute atomic E-state index is 0.310. The van der Waals surface area contributed by atoms with Crippen LogP contribution in [-0.2, 0) is 5.41 Å². The lowest BCUT2D eigenvalue weighted by Gasteiger charge is -2.62. The standard InChI is InChI=1S/C23H32N2.C5H12N2.3C2H6/c1-6-22-10-7-12-25-13-11-23(21(22)25)18-9-8-15(2)14-19(18)24(5)20(23)16(3)17(22)4;1-2-7-5-3-4-6;3*1-2/h7-10,14,16-17,20-21H,6,11-13H2,1-5H3;2,7H,1,3-6H2;3*1-2H3/t16?,17?,20?,21?,22-,23?;;;;/m0..../s1. The molecular formula is C34H62N4. The molecular weight excluding hydrogens is 464 g/mol. The molecule has 4 nitrogen and oxygen atoms in total. The number of aryl methyl sites for hydroxylation is 1. The van der Waals surface area contributed by atoms with Crippen molar-refractivity contribution in [3.05, 3.63) is 54.3 Å².